The predicted molar refractivity (Wildman–Crippen MR) is 60.5 cm³/mol. The monoisotopic (exact) mass is 276 g/mol. The van der Waals surface area contributed by atoms with Gasteiger partial charge in [0.05, 0.1) is 0 Å². The van der Waals surface area contributed by atoms with Gasteiger partial charge in [-0.15, -0.1) is 0 Å². The van der Waals surface area contributed by atoms with Gasteiger partial charge in [-0.25, -0.2) is 0 Å². The fraction of sp³-hybridized carbons (Fsp3) is 1.00. The van der Waals surface area contributed by atoms with Crippen LogP contribution in [0.5, 0.6) is 0 Å². The van der Waals surface area contributed by atoms with Crippen LogP contribution in [0.4, 0.5) is 0 Å². The summed E-state index contributed by atoms with van der Waals surface area (Å²) < 4.78 is 0. The van der Waals surface area contributed by atoms with Crippen LogP contribution < -0.4 is 0 Å². The molecule has 0 aromatic heterocycles. The number of halogens is 3. The Kier molecular flexibility index (Phi) is 10.5. The molecule has 0 N–H and O–H groups in total. The molecule has 11 heavy (non-hydrogen) atoms. The van der Waals surface area contributed by atoms with E-state index < -0.39 is 7.42 Å². The SMILES string of the molecule is Cl[SiH](Cl)CCCCCCCBr. The molecule has 0 aliphatic heterocycles. The van der Waals surface area contributed by atoms with Crippen LogP contribution in [0.3, 0.4) is 0 Å². The Bertz CT molecular complexity index is 80.8. The summed E-state index contributed by atoms with van der Waals surface area (Å²) in [5.41, 5.74) is 0. The van der Waals surface area contributed by atoms with Crippen LogP contribution in [-0.2, 0) is 0 Å². The maximum Gasteiger partial charge on any atom is 0.237 e. The zero-order valence-corrected chi connectivity index (χ0v) is 10.9. The first-order chi connectivity index (χ1) is 5.27. The number of unbranched alkanes of at least 4 members (excludes halogenated alkanes) is 4. The van der Waals surface area contributed by atoms with Crippen molar-refractivity contribution in [2.45, 2.75) is 38.1 Å². The van der Waals surface area contributed by atoms with E-state index in [4.69, 9.17) is 22.2 Å². The van der Waals surface area contributed by atoms with E-state index in [1.165, 1.54) is 32.1 Å². The Hall–Kier alpha value is 1.28. The summed E-state index contributed by atoms with van der Waals surface area (Å²) in [6, 6.07) is 1.08. The summed E-state index contributed by atoms with van der Waals surface area (Å²) in [5.74, 6) is 0. The van der Waals surface area contributed by atoms with Crippen LogP contribution in [-0.4, -0.2) is 12.7 Å². The minimum absolute atomic E-state index is 1.08. The van der Waals surface area contributed by atoms with Gasteiger partial charge in [-0.2, -0.15) is 22.2 Å². The van der Waals surface area contributed by atoms with Gasteiger partial charge in [-0.3, -0.25) is 0 Å². The van der Waals surface area contributed by atoms with E-state index in [1.807, 2.05) is 0 Å². The molecule has 0 bridgehead atoms. The van der Waals surface area contributed by atoms with Crippen molar-refractivity contribution in [2.75, 3.05) is 5.33 Å². The van der Waals surface area contributed by atoms with Crippen LogP contribution in [0.25, 0.3) is 0 Å². The smallest absolute Gasteiger partial charge is 0.150 e. The van der Waals surface area contributed by atoms with Crippen molar-refractivity contribution < 1.29 is 0 Å². The van der Waals surface area contributed by atoms with Crippen molar-refractivity contribution in [1.82, 2.24) is 0 Å². The maximum atomic E-state index is 5.71. The molecule has 0 rings (SSSR count). The lowest BCUT2D eigenvalue weighted by atomic mass is 10.2. The highest BCUT2D eigenvalue weighted by Gasteiger charge is 1.99. The van der Waals surface area contributed by atoms with Crippen LogP contribution >= 0.6 is 38.1 Å². The number of hydrogen-bond acceptors (Lipinski definition) is 0. The Morgan fingerprint density at radius 2 is 1.45 bits per heavy atom. The average molecular weight is 278 g/mol. The van der Waals surface area contributed by atoms with Crippen LogP contribution in [0, 0.1) is 0 Å². The quantitative estimate of drug-likeness (QED) is 0.285. The molecule has 0 heterocycles. The van der Waals surface area contributed by atoms with E-state index >= 15 is 0 Å². The maximum absolute atomic E-state index is 5.71. The minimum atomic E-state index is -1.29. The van der Waals surface area contributed by atoms with E-state index in [-0.39, 0.29) is 0 Å². The third-order valence-corrected chi connectivity index (χ3v) is 4.27. The Morgan fingerprint density at radius 1 is 0.909 bits per heavy atom. The molecule has 0 atom stereocenters. The first-order valence-corrected chi connectivity index (χ1v) is 9.54. The second-order valence-corrected chi connectivity index (χ2v) is 8.62. The lowest BCUT2D eigenvalue weighted by Gasteiger charge is -1.99. The molecule has 0 amide bonds. The normalized spacial score (nSPS) is 10.9. The molecular formula is C7H15BrCl2Si. The molecule has 0 aromatic carbocycles. The van der Waals surface area contributed by atoms with E-state index in [0.717, 1.165) is 11.4 Å². The summed E-state index contributed by atoms with van der Waals surface area (Å²) in [6.07, 6.45) is 6.49. The van der Waals surface area contributed by atoms with Crippen molar-refractivity contribution in [3.63, 3.8) is 0 Å². The van der Waals surface area contributed by atoms with Crippen molar-refractivity contribution in [3.05, 3.63) is 0 Å². The van der Waals surface area contributed by atoms with Crippen LogP contribution in [0.1, 0.15) is 32.1 Å². The molecule has 0 spiro atoms. The molecule has 0 aliphatic carbocycles. The molecule has 68 valence electrons. The van der Waals surface area contributed by atoms with E-state index in [1.54, 1.807) is 0 Å². The number of hydrogen-bond donors (Lipinski definition) is 0. The highest BCUT2D eigenvalue weighted by atomic mass is 79.9. The standard InChI is InChI=1S/C7H15BrCl2Si/c8-6-4-2-1-3-5-7-11(9)10/h11H,1-7H2. The zero-order valence-electron chi connectivity index (χ0n) is 6.66. The average Bonchev–Trinajstić information content (AvgIpc) is 1.96. The molecule has 0 aromatic rings. The third-order valence-electron chi connectivity index (χ3n) is 1.56. The lowest BCUT2D eigenvalue weighted by Crippen LogP contribution is -1.90. The first kappa shape index (κ1) is 12.3. The molecule has 0 aliphatic rings. The minimum Gasteiger partial charge on any atom is -0.150 e. The van der Waals surface area contributed by atoms with Gasteiger partial charge in [0.25, 0.3) is 0 Å². The zero-order chi connectivity index (χ0) is 8.53. The van der Waals surface area contributed by atoms with Crippen molar-refractivity contribution >= 4 is 45.5 Å². The van der Waals surface area contributed by atoms with Crippen LogP contribution in [0.15, 0.2) is 0 Å². The fourth-order valence-corrected chi connectivity index (χ4v) is 2.84. The van der Waals surface area contributed by atoms with E-state index in [9.17, 15) is 0 Å². The second-order valence-electron chi connectivity index (χ2n) is 2.64. The summed E-state index contributed by atoms with van der Waals surface area (Å²) in [5, 5.41) is 1.13. The van der Waals surface area contributed by atoms with Gasteiger partial charge in [-0.1, -0.05) is 41.6 Å². The highest BCUT2D eigenvalue weighted by Crippen LogP contribution is 2.11. The van der Waals surface area contributed by atoms with E-state index in [0.29, 0.717) is 0 Å². The molecule has 0 nitrogen and oxygen atoms in total. The predicted octanol–water partition coefficient (Wildman–Crippen LogP) is 4.03. The molecule has 0 saturated carbocycles. The highest BCUT2D eigenvalue weighted by molar-refractivity contribution is 9.09. The fourth-order valence-electron chi connectivity index (χ4n) is 0.923. The third kappa shape index (κ3) is 11.3. The van der Waals surface area contributed by atoms with Crippen LogP contribution in [0.2, 0.25) is 6.04 Å². The first-order valence-electron chi connectivity index (χ1n) is 4.11. The lowest BCUT2D eigenvalue weighted by molar-refractivity contribution is 0.660. The molecule has 0 unspecified atom stereocenters. The Labute approximate surface area is 88.8 Å². The molecule has 0 saturated heterocycles. The van der Waals surface area contributed by atoms with Crippen molar-refractivity contribution in [2.24, 2.45) is 0 Å². The molecule has 4 heteroatoms. The van der Waals surface area contributed by atoms with Gasteiger partial charge in [0.2, 0.25) is 7.42 Å². The summed E-state index contributed by atoms with van der Waals surface area (Å²) in [7, 11) is -1.29. The summed E-state index contributed by atoms with van der Waals surface area (Å²) >= 11 is 14.8. The number of alkyl halides is 1. The van der Waals surface area contributed by atoms with Gasteiger partial charge in [0, 0.05) is 5.33 Å². The molecular weight excluding hydrogens is 263 g/mol. The van der Waals surface area contributed by atoms with Gasteiger partial charge in [0.15, 0.2) is 0 Å². The van der Waals surface area contributed by atoms with E-state index in [2.05, 4.69) is 15.9 Å². The topological polar surface area (TPSA) is 0 Å². The Balaban J connectivity index is 2.80. The van der Waals surface area contributed by atoms with Gasteiger partial charge in [-0.05, 0) is 12.5 Å². The van der Waals surface area contributed by atoms with Gasteiger partial charge < -0.3 is 0 Å². The van der Waals surface area contributed by atoms with Gasteiger partial charge >= 0.3 is 0 Å². The summed E-state index contributed by atoms with van der Waals surface area (Å²) in [4.78, 5) is 0. The number of rotatable bonds is 7. The van der Waals surface area contributed by atoms with Gasteiger partial charge in [0.1, 0.15) is 0 Å². The molecule has 0 radical (unpaired) electrons. The molecule has 0 fully saturated rings. The van der Waals surface area contributed by atoms with Crippen molar-refractivity contribution in [1.29, 1.82) is 0 Å². The Morgan fingerprint density at radius 3 is 2.00 bits per heavy atom. The second kappa shape index (κ2) is 9.37. The summed E-state index contributed by atoms with van der Waals surface area (Å²) in [6.45, 7) is 0. The largest absolute Gasteiger partial charge is 0.237 e. The van der Waals surface area contributed by atoms with Crippen molar-refractivity contribution in [3.8, 4) is 0 Å².